The molecule has 1 aromatic carbocycles. The lowest BCUT2D eigenvalue weighted by Gasteiger charge is -2.13. The van der Waals surface area contributed by atoms with Gasteiger partial charge in [0.15, 0.2) is 5.78 Å². The van der Waals surface area contributed by atoms with Gasteiger partial charge in [-0.2, -0.15) is 0 Å². The van der Waals surface area contributed by atoms with Crippen LogP contribution in [0.4, 0.5) is 8.78 Å². The molecule has 0 aromatic heterocycles. The fourth-order valence-corrected chi connectivity index (χ4v) is 1.77. The van der Waals surface area contributed by atoms with Crippen molar-refractivity contribution in [2.45, 2.75) is 26.7 Å². The van der Waals surface area contributed by atoms with Crippen LogP contribution < -0.4 is 0 Å². The van der Waals surface area contributed by atoms with Gasteiger partial charge in [-0.25, -0.2) is 8.78 Å². The second-order valence-corrected chi connectivity index (χ2v) is 4.06. The summed E-state index contributed by atoms with van der Waals surface area (Å²) in [5.74, 6) is -3.73. The highest BCUT2D eigenvalue weighted by Gasteiger charge is 2.27. The van der Waals surface area contributed by atoms with Crippen LogP contribution in [0.1, 0.15) is 25.8 Å². The first-order valence-electron chi connectivity index (χ1n) is 6.13. The highest BCUT2D eigenvalue weighted by atomic mass is 19.1. The molecule has 0 aliphatic rings. The SMILES string of the molecule is CCOC(=O)[C@H](CC)C(=O)Cc1c(F)cccc1F. The van der Waals surface area contributed by atoms with Crippen molar-refractivity contribution in [1.82, 2.24) is 0 Å². The third-order valence-electron chi connectivity index (χ3n) is 2.78. The number of benzene rings is 1. The summed E-state index contributed by atoms with van der Waals surface area (Å²) < 4.78 is 31.6. The summed E-state index contributed by atoms with van der Waals surface area (Å²) in [5.41, 5.74) is -0.310. The van der Waals surface area contributed by atoms with Crippen molar-refractivity contribution < 1.29 is 23.1 Å². The van der Waals surface area contributed by atoms with Crippen molar-refractivity contribution >= 4 is 11.8 Å². The molecule has 5 heteroatoms. The average molecular weight is 270 g/mol. The van der Waals surface area contributed by atoms with Crippen LogP contribution in [-0.2, 0) is 20.7 Å². The predicted molar refractivity (Wildman–Crippen MR) is 65.5 cm³/mol. The van der Waals surface area contributed by atoms with Crippen molar-refractivity contribution in [3.63, 3.8) is 0 Å². The molecular formula is C14H16F2O3. The van der Waals surface area contributed by atoms with E-state index in [0.29, 0.717) is 0 Å². The van der Waals surface area contributed by atoms with E-state index in [9.17, 15) is 18.4 Å². The zero-order chi connectivity index (χ0) is 14.4. The Labute approximate surface area is 110 Å². The van der Waals surface area contributed by atoms with E-state index in [1.807, 2.05) is 0 Å². The summed E-state index contributed by atoms with van der Waals surface area (Å²) in [6, 6.07) is 3.38. The van der Waals surface area contributed by atoms with E-state index in [1.54, 1.807) is 13.8 Å². The van der Waals surface area contributed by atoms with Crippen LogP contribution >= 0.6 is 0 Å². The Morgan fingerprint density at radius 2 is 1.79 bits per heavy atom. The van der Waals surface area contributed by atoms with Gasteiger partial charge in [0.05, 0.1) is 6.61 Å². The molecule has 0 fully saturated rings. The number of rotatable bonds is 6. The van der Waals surface area contributed by atoms with Gasteiger partial charge in [0.2, 0.25) is 0 Å². The van der Waals surface area contributed by atoms with Crippen molar-refractivity contribution in [3.8, 4) is 0 Å². The number of ether oxygens (including phenoxy) is 1. The quantitative estimate of drug-likeness (QED) is 0.589. The van der Waals surface area contributed by atoms with Gasteiger partial charge in [-0.3, -0.25) is 9.59 Å². The molecule has 0 N–H and O–H groups in total. The van der Waals surface area contributed by atoms with Gasteiger partial charge in [0, 0.05) is 12.0 Å². The number of hydrogen-bond acceptors (Lipinski definition) is 3. The fourth-order valence-electron chi connectivity index (χ4n) is 1.77. The minimum absolute atomic E-state index is 0.163. The lowest BCUT2D eigenvalue weighted by molar-refractivity contribution is -0.151. The van der Waals surface area contributed by atoms with E-state index in [0.717, 1.165) is 12.1 Å². The molecule has 0 amide bonds. The van der Waals surface area contributed by atoms with Crippen molar-refractivity contribution in [2.75, 3.05) is 6.61 Å². The smallest absolute Gasteiger partial charge is 0.316 e. The molecule has 0 unspecified atom stereocenters. The maximum Gasteiger partial charge on any atom is 0.316 e. The number of carbonyl (C=O) groups is 2. The summed E-state index contributed by atoms with van der Waals surface area (Å²) in [5, 5.41) is 0. The highest BCUT2D eigenvalue weighted by molar-refractivity contribution is 5.99. The summed E-state index contributed by atoms with van der Waals surface area (Å²) in [6.45, 7) is 3.44. The standard InChI is InChI=1S/C14H16F2O3/c1-3-9(14(18)19-4-2)13(17)8-10-11(15)6-5-7-12(10)16/h5-7,9H,3-4,8H2,1-2H3/t9-/m1/s1. The number of Topliss-reactive ketones (excluding diaryl/α,β-unsaturated/α-hetero) is 1. The number of hydrogen-bond donors (Lipinski definition) is 0. The Hall–Kier alpha value is -1.78. The molecule has 0 aliphatic heterocycles. The molecule has 0 aliphatic carbocycles. The van der Waals surface area contributed by atoms with Gasteiger partial charge in [-0.15, -0.1) is 0 Å². The van der Waals surface area contributed by atoms with Crippen molar-refractivity contribution in [1.29, 1.82) is 0 Å². The number of esters is 1. The molecule has 104 valence electrons. The molecule has 0 radical (unpaired) electrons. The summed E-state index contributed by atoms with van der Waals surface area (Å²) >= 11 is 0. The predicted octanol–water partition coefficient (Wildman–Crippen LogP) is 2.67. The van der Waals surface area contributed by atoms with Crippen LogP contribution in [0.15, 0.2) is 18.2 Å². The van der Waals surface area contributed by atoms with Crippen LogP contribution in [0.2, 0.25) is 0 Å². The molecule has 1 rings (SSSR count). The van der Waals surface area contributed by atoms with E-state index in [-0.39, 0.29) is 18.6 Å². The van der Waals surface area contributed by atoms with Crippen LogP contribution in [0.5, 0.6) is 0 Å². The Morgan fingerprint density at radius 1 is 1.21 bits per heavy atom. The molecule has 1 atom stereocenters. The number of halogens is 2. The largest absolute Gasteiger partial charge is 0.465 e. The first-order valence-corrected chi connectivity index (χ1v) is 6.13. The zero-order valence-electron chi connectivity index (χ0n) is 10.9. The maximum absolute atomic E-state index is 13.4. The molecule has 0 heterocycles. The van der Waals surface area contributed by atoms with E-state index in [2.05, 4.69) is 0 Å². The summed E-state index contributed by atoms with van der Waals surface area (Å²) in [4.78, 5) is 23.5. The lowest BCUT2D eigenvalue weighted by atomic mass is 9.95. The van der Waals surface area contributed by atoms with Gasteiger partial charge in [-0.1, -0.05) is 13.0 Å². The molecule has 0 bridgehead atoms. The van der Waals surface area contributed by atoms with Crippen molar-refractivity contribution in [3.05, 3.63) is 35.4 Å². The van der Waals surface area contributed by atoms with E-state index < -0.39 is 35.7 Å². The fraction of sp³-hybridized carbons (Fsp3) is 0.429. The molecule has 3 nitrogen and oxygen atoms in total. The first kappa shape index (κ1) is 15.3. The van der Waals surface area contributed by atoms with Crippen LogP contribution in [-0.4, -0.2) is 18.4 Å². The molecule has 19 heavy (non-hydrogen) atoms. The topological polar surface area (TPSA) is 43.4 Å². The first-order chi connectivity index (χ1) is 9.01. The zero-order valence-corrected chi connectivity index (χ0v) is 10.9. The lowest BCUT2D eigenvalue weighted by Crippen LogP contribution is -2.27. The van der Waals surface area contributed by atoms with E-state index in [1.165, 1.54) is 6.07 Å². The van der Waals surface area contributed by atoms with Crippen molar-refractivity contribution in [2.24, 2.45) is 5.92 Å². The number of ketones is 1. The van der Waals surface area contributed by atoms with Gasteiger partial charge >= 0.3 is 5.97 Å². The van der Waals surface area contributed by atoms with E-state index in [4.69, 9.17) is 4.74 Å². The van der Waals surface area contributed by atoms with Gasteiger partial charge < -0.3 is 4.74 Å². The molecule has 1 aromatic rings. The Balaban J connectivity index is 2.86. The summed E-state index contributed by atoms with van der Waals surface area (Å²) in [6.07, 6.45) is -0.205. The Kier molecular flexibility index (Phi) is 5.60. The van der Waals surface area contributed by atoms with Gasteiger partial charge in [-0.05, 0) is 25.5 Å². The van der Waals surface area contributed by atoms with E-state index >= 15 is 0 Å². The second-order valence-electron chi connectivity index (χ2n) is 4.06. The van der Waals surface area contributed by atoms with Crippen LogP contribution in [0, 0.1) is 17.6 Å². The third-order valence-corrected chi connectivity index (χ3v) is 2.78. The number of carbonyl (C=O) groups excluding carboxylic acids is 2. The summed E-state index contributed by atoms with van der Waals surface area (Å²) in [7, 11) is 0. The molecule has 0 spiro atoms. The van der Waals surface area contributed by atoms with Crippen LogP contribution in [0.3, 0.4) is 0 Å². The minimum Gasteiger partial charge on any atom is -0.465 e. The highest BCUT2D eigenvalue weighted by Crippen LogP contribution is 2.17. The second kappa shape index (κ2) is 6.97. The third kappa shape index (κ3) is 3.84. The average Bonchev–Trinajstić information content (AvgIpc) is 2.35. The van der Waals surface area contributed by atoms with Gasteiger partial charge in [0.1, 0.15) is 17.6 Å². The maximum atomic E-state index is 13.4. The monoisotopic (exact) mass is 270 g/mol. The molecule has 0 saturated heterocycles. The normalized spacial score (nSPS) is 12.0. The Bertz CT molecular complexity index is 452. The van der Waals surface area contributed by atoms with Crippen LogP contribution in [0.25, 0.3) is 0 Å². The minimum atomic E-state index is -0.973. The molecular weight excluding hydrogens is 254 g/mol. The molecule has 0 saturated carbocycles. The van der Waals surface area contributed by atoms with Gasteiger partial charge in [0.25, 0.3) is 0 Å². The Morgan fingerprint density at radius 3 is 2.26 bits per heavy atom.